The summed E-state index contributed by atoms with van der Waals surface area (Å²) in [6.07, 6.45) is 0.147. The first-order valence-electron chi connectivity index (χ1n) is 7.46. The van der Waals surface area contributed by atoms with E-state index in [0.717, 1.165) is 0 Å². The third kappa shape index (κ3) is 5.46. The molecule has 0 saturated heterocycles. The number of nitrogens with zero attached hydrogens (tertiary/aromatic N) is 1. The van der Waals surface area contributed by atoms with Crippen molar-refractivity contribution in [2.24, 2.45) is 5.92 Å². The lowest BCUT2D eigenvalue weighted by atomic mass is 9.99. The van der Waals surface area contributed by atoms with E-state index in [4.69, 9.17) is 20.8 Å². The summed E-state index contributed by atoms with van der Waals surface area (Å²) in [6, 6.07) is 8.78. The topological polar surface area (TPSA) is 85.3 Å². The molecule has 0 radical (unpaired) electrons. The zero-order chi connectivity index (χ0) is 18.4. The summed E-state index contributed by atoms with van der Waals surface area (Å²) in [6.45, 7) is 1.16. The van der Waals surface area contributed by atoms with Gasteiger partial charge >= 0.3 is 12.9 Å². The van der Waals surface area contributed by atoms with Crippen LogP contribution in [0.15, 0.2) is 30.3 Å². The van der Waals surface area contributed by atoms with Gasteiger partial charge in [0.05, 0.1) is 12.3 Å². The van der Waals surface area contributed by atoms with Gasteiger partial charge in [0.25, 0.3) is 5.72 Å². The Morgan fingerprint density at radius 2 is 1.96 bits per heavy atom. The quantitative estimate of drug-likeness (QED) is 0.397. The Morgan fingerprint density at radius 1 is 1.38 bits per heavy atom. The summed E-state index contributed by atoms with van der Waals surface area (Å²) in [5.41, 5.74) is -1.24. The van der Waals surface area contributed by atoms with Crippen molar-refractivity contribution in [3.05, 3.63) is 30.3 Å². The fourth-order valence-corrected chi connectivity index (χ4v) is 2.84. The summed E-state index contributed by atoms with van der Waals surface area (Å²) >= 11 is 5.21. The van der Waals surface area contributed by atoms with Crippen molar-refractivity contribution in [2.75, 3.05) is 18.8 Å². The number of anilines is 1. The van der Waals surface area contributed by atoms with Gasteiger partial charge in [0.1, 0.15) is 0 Å². The van der Waals surface area contributed by atoms with Crippen molar-refractivity contribution < 1.29 is 28.4 Å². The number of hydroxylamine groups is 1. The van der Waals surface area contributed by atoms with Crippen LogP contribution in [-0.4, -0.2) is 30.3 Å². The number of ether oxygens (including phenoxy) is 1. The van der Waals surface area contributed by atoms with Crippen LogP contribution < -0.4 is 5.06 Å². The summed E-state index contributed by atoms with van der Waals surface area (Å²) < 4.78 is 21.3. The van der Waals surface area contributed by atoms with E-state index in [2.05, 4.69) is 4.52 Å². The predicted molar refractivity (Wildman–Crippen MR) is 91.5 cm³/mol. The Balaban J connectivity index is 3.41. The molecule has 0 aromatic heterocycles. The minimum atomic E-state index is -4.56. The van der Waals surface area contributed by atoms with Crippen LogP contribution in [0.4, 0.5) is 5.69 Å². The number of methoxy groups -OCH3 is 1. The highest BCUT2D eigenvalue weighted by atomic mass is 35.7. The van der Waals surface area contributed by atoms with Crippen molar-refractivity contribution in [3.63, 3.8) is 0 Å². The highest BCUT2D eigenvalue weighted by molar-refractivity contribution is 7.80. The molecule has 0 saturated carbocycles. The van der Waals surface area contributed by atoms with E-state index >= 15 is 0 Å². The third-order valence-corrected chi connectivity index (χ3v) is 3.71. The average molecular weight is 380 g/mol. The minimum absolute atomic E-state index is 0.0161. The van der Waals surface area contributed by atoms with Crippen LogP contribution in [-0.2, 0) is 23.5 Å². The number of carbonyl (C=O) groups is 1. The first-order chi connectivity index (χ1) is 11.2. The molecule has 24 heavy (non-hydrogen) atoms. The molecule has 9 heteroatoms. The maximum absolute atomic E-state index is 12.7. The Morgan fingerprint density at radius 3 is 2.38 bits per heavy atom. The van der Waals surface area contributed by atoms with E-state index in [9.17, 15) is 14.3 Å². The van der Waals surface area contributed by atoms with Gasteiger partial charge in [0.15, 0.2) is 0 Å². The second kappa shape index (κ2) is 8.83. The molecule has 136 valence electrons. The minimum Gasteiger partial charge on any atom is -0.377 e. The average Bonchev–Trinajstić information content (AvgIpc) is 2.49. The SMILES string of the molecule is CCON(c1ccccc1)[C@](CC(C)C)(OC)C(=O)OP(=O)(O)Cl. The molecule has 0 aliphatic heterocycles. The van der Waals surface area contributed by atoms with Crippen LogP contribution in [0, 0.1) is 5.92 Å². The second-order valence-electron chi connectivity index (χ2n) is 5.46. The highest BCUT2D eigenvalue weighted by Gasteiger charge is 2.50. The van der Waals surface area contributed by atoms with Gasteiger partial charge in [0.2, 0.25) is 0 Å². The van der Waals surface area contributed by atoms with E-state index in [1.54, 1.807) is 31.2 Å². The zero-order valence-electron chi connectivity index (χ0n) is 14.1. The smallest absolute Gasteiger partial charge is 0.377 e. The van der Waals surface area contributed by atoms with E-state index in [-0.39, 0.29) is 18.9 Å². The Kier molecular flexibility index (Phi) is 7.70. The maximum atomic E-state index is 12.7. The molecular formula is C15H23ClNO6P. The van der Waals surface area contributed by atoms with Gasteiger partial charge in [-0.1, -0.05) is 32.0 Å². The van der Waals surface area contributed by atoms with Crippen LogP contribution in [0.2, 0.25) is 0 Å². The predicted octanol–water partition coefficient (Wildman–Crippen LogP) is 3.72. The van der Waals surface area contributed by atoms with E-state index in [0.29, 0.717) is 5.69 Å². The van der Waals surface area contributed by atoms with Crippen molar-refractivity contribution in [1.82, 2.24) is 0 Å². The molecule has 0 heterocycles. The molecule has 0 fully saturated rings. The van der Waals surface area contributed by atoms with Gasteiger partial charge in [-0.05, 0) is 25.0 Å². The number of carbonyl (C=O) groups excluding carboxylic acids is 1. The summed E-state index contributed by atoms with van der Waals surface area (Å²) in [7, 11) is 1.30. The molecule has 0 spiro atoms. The molecule has 0 bridgehead atoms. The molecule has 1 aromatic rings. The van der Waals surface area contributed by atoms with E-state index < -0.39 is 18.6 Å². The summed E-state index contributed by atoms with van der Waals surface area (Å²) in [5, 5.41) is 1.25. The van der Waals surface area contributed by atoms with Crippen LogP contribution >= 0.6 is 18.2 Å². The number of halogens is 1. The Bertz CT molecular complexity index is 579. The van der Waals surface area contributed by atoms with Gasteiger partial charge in [-0.15, -0.1) is 0 Å². The molecule has 0 aliphatic rings. The molecular weight excluding hydrogens is 357 g/mol. The number of para-hydroxylation sites is 1. The van der Waals surface area contributed by atoms with Crippen molar-refractivity contribution in [3.8, 4) is 0 Å². The second-order valence-corrected chi connectivity index (χ2v) is 7.83. The molecule has 1 rings (SSSR count). The van der Waals surface area contributed by atoms with Gasteiger partial charge < -0.3 is 14.2 Å². The normalized spacial score (nSPS) is 16.3. The lowest BCUT2D eigenvalue weighted by Gasteiger charge is -2.41. The van der Waals surface area contributed by atoms with Crippen LogP contribution in [0.3, 0.4) is 0 Å². The van der Waals surface area contributed by atoms with Gasteiger partial charge in [0, 0.05) is 24.8 Å². The van der Waals surface area contributed by atoms with E-state index in [1.807, 2.05) is 19.9 Å². The van der Waals surface area contributed by atoms with Crippen LogP contribution in [0.25, 0.3) is 0 Å². The monoisotopic (exact) mass is 379 g/mol. The number of hydrogen-bond acceptors (Lipinski definition) is 6. The molecule has 7 nitrogen and oxygen atoms in total. The van der Waals surface area contributed by atoms with Crippen molar-refractivity contribution >= 4 is 29.8 Å². The lowest BCUT2D eigenvalue weighted by Crippen LogP contribution is -2.57. The molecule has 1 unspecified atom stereocenters. The highest BCUT2D eigenvalue weighted by Crippen LogP contribution is 2.49. The van der Waals surface area contributed by atoms with Crippen molar-refractivity contribution in [1.29, 1.82) is 0 Å². The molecule has 1 aromatic carbocycles. The van der Waals surface area contributed by atoms with E-state index in [1.165, 1.54) is 12.2 Å². The molecule has 2 atom stereocenters. The van der Waals surface area contributed by atoms with Gasteiger partial charge in [-0.25, -0.2) is 14.4 Å². The number of rotatable bonds is 9. The Labute approximate surface area is 146 Å². The number of benzene rings is 1. The summed E-state index contributed by atoms with van der Waals surface area (Å²) in [4.78, 5) is 27.5. The fraction of sp³-hybridized carbons (Fsp3) is 0.533. The maximum Gasteiger partial charge on any atom is 0.476 e. The zero-order valence-corrected chi connectivity index (χ0v) is 15.8. The van der Waals surface area contributed by atoms with Gasteiger partial charge in [-0.2, -0.15) is 0 Å². The molecule has 0 amide bonds. The van der Waals surface area contributed by atoms with Crippen molar-refractivity contribution in [2.45, 2.75) is 32.9 Å². The van der Waals surface area contributed by atoms with Crippen LogP contribution in [0.5, 0.6) is 0 Å². The molecule has 0 aliphatic carbocycles. The first kappa shape index (κ1) is 20.9. The lowest BCUT2D eigenvalue weighted by molar-refractivity contribution is -0.174. The summed E-state index contributed by atoms with van der Waals surface area (Å²) in [5.74, 6) is -1.12. The largest absolute Gasteiger partial charge is 0.476 e. The first-order valence-corrected chi connectivity index (χ1v) is 9.94. The Hall–Kier alpha value is -1.11. The fourth-order valence-electron chi connectivity index (χ4n) is 2.31. The number of hydrogen-bond donors (Lipinski definition) is 1. The van der Waals surface area contributed by atoms with Gasteiger partial charge in [-0.3, -0.25) is 4.84 Å². The molecule has 1 N–H and O–H groups in total. The van der Waals surface area contributed by atoms with Crippen LogP contribution in [0.1, 0.15) is 27.2 Å². The third-order valence-electron chi connectivity index (χ3n) is 3.11. The standard InChI is InChI=1S/C15H23ClNO6P/c1-5-22-17(13-9-7-6-8-10-13)15(21-4,11-12(2)3)14(18)23-24(16,19)20/h6-10,12H,5,11H2,1-4H3,(H,19,20)/t15-/m1/s1.